The molecule has 0 aromatic carbocycles. The first-order valence-electron chi connectivity index (χ1n) is 7.52. The van der Waals surface area contributed by atoms with Gasteiger partial charge in [0.25, 0.3) is 5.91 Å². The number of nitrogens with zero attached hydrogens (tertiary/aromatic N) is 2. The quantitative estimate of drug-likeness (QED) is 0.942. The van der Waals surface area contributed by atoms with Gasteiger partial charge in [0.2, 0.25) is 0 Å². The summed E-state index contributed by atoms with van der Waals surface area (Å²) in [7, 11) is 1.85. The van der Waals surface area contributed by atoms with Gasteiger partial charge in [0.1, 0.15) is 0 Å². The van der Waals surface area contributed by atoms with Crippen molar-refractivity contribution in [2.75, 3.05) is 7.05 Å². The third-order valence-corrected chi connectivity index (χ3v) is 5.52. The molecule has 1 amide bonds. The van der Waals surface area contributed by atoms with Crippen LogP contribution in [0.5, 0.6) is 0 Å². The van der Waals surface area contributed by atoms with Crippen molar-refractivity contribution in [1.29, 1.82) is 0 Å². The molecule has 3 rings (SSSR count). The van der Waals surface area contributed by atoms with Crippen LogP contribution < -0.4 is 0 Å². The van der Waals surface area contributed by atoms with E-state index in [0.717, 1.165) is 29.2 Å². The fourth-order valence-electron chi connectivity index (χ4n) is 2.95. The molecule has 5 heteroatoms. The van der Waals surface area contributed by atoms with Crippen molar-refractivity contribution in [3.05, 3.63) is 39.3 Å². The van der Waals surface area contributed by atoms with Gasteiger partial charge in [-0.2, -0.15) is 5.10 Å². The van der Waals surface area contributed by atoms with Crippen LogP contribution in [0.1, 0.15) is 45.4 Å². The Hall–Kier alpha value is -1.62. The van der Waals surface area contributed by atoms with Gasteiger partial charge in [-0.15, -0.1) is 11.3 Å². The lowest BCUT2D eigenvalue weighted by Crippen LogP contribution is -2.25. The van der Waals surface area contributed by atoms with Crippen molar-refractivity contribution < 1.29 is 4.79 Å². The molecule has 1 aliphatic rings. The number of fused-ring (bicyclic) bond motifs is 1. The van der Waals surface area contributed by atoms with E-state index in [-0.39, 0.29) is 5.91 Å². The summed E-state index contributed by atoms with van der Waals surface area (Å²) in [5.41, 5.74) is 2.43. The highest BCUT2D eigenvalue weighted by atomic mass is 32.1. The summed E-state index contributed by atoms with van der Waals surface area (Å²) >= 11 is 1.68. The van der Waals surface area contributed by atoms with Crippen LogP contribution in [0.4, 0.5) is 0 Å². The SMILES string of the molecule is CCC1CCc2sc(C(=O)N(C)Cc3cn[nH]c3)cc2C1. The van der Waals surface area contributed by atoms with Crippen molar-refractivity contribution >= 4 is 17.2 Å². The van der Waals surface area contributed by atoms with E-state index in [2.05, 4.69) is 23.2 Å². The maximum atomic E-state index is 12.5. The summed E-state index contributed by atoms with van der Waals surface area (Å²) in [5.74, 6) is 0.905. The highest BCUT2D eigenvalue weighted by Gasteiger charge is 2.23. The van der Waals surface area contributed by atoms with E-state index in [1.165, 1.54) is 23.3 Å². The maximum absolute atomic E-state index is 12.5. The number of aromatic amines is 1. The van der Waals surface area contributed by atoms with E-state index >= 15 is 0 Å². The van der Waals surface area contributed by atoms with E-state index in [1.807, 2.05) is 13.2 Å². The van der Waals surface area contributed by atoms with Gasteiger partial charge in [0.15, 0.2) is 0 Å². The van der Waals surface area contributed by atoms with Crippen LogP contribution in [0, 0.1) is 5.92 Å². The minimum absolute atomic E-state index is 0.114. The molecule has 0 aliphatic heterocycles. The van der Waals surface area contributed by atoms with E-state index in [1.54, 1.807) is 22.4 Å². The molecule has 1 aliphatic carbocycles. The van der Waals surface area contributed by atoms with Crippen LogP contribution in [0.2, 0.25) is 0 Å². The Morgan fingerprint density at radius 2 is 2.43 bits per heavy atom. The number of amides is 1. The Kier molecular flexibility index (Phi) is 4.10. The van der Waals surface area contributed by atoms with E-state index in [4.69, 9.17) is 0 Å². The number of carbonyl (C=O) groups is 1. The largest absolute Gasteiger partial charge is 0.337 e. The molecule has 2 heterocycles. The minimum Gasteiger partial charge on any atom is -0.337 e. The number of hydrogen-bond donors (Lipinski definition) is 1. The van der Waals surface area contributed by atoms with Gasteiger partial charge in [0.05, 0.1) is 11.1 Å². The summed E-state index contributed by atoms with van der Waals surface area (Å²) in [6.07, 6.45) is 8.36. The van der Waals surface area contributed by atoms with Crippen molar-refractivity contribution in [1.82, 2.24) is 15.1 Å². The lowest BCUT2D eigenvalue weighted by molar-refractivity contribution is 0.0790. The van der Waals surface area contributed by atoms with Gasteiger partial charge in [-0.05, 0) is 36.8 Å². The molecule has 4 nitrogen and oxygen atoms in total. The molecule has 0 spiro atoms. The maximum Gasteiger partial charge on any atom is 0.263 e. The van der Waals surface area contributed by atoms with Crippen LogP contribution in [0.3, 0.4) is 0 Å². The smallest absolute Gasteiger partial charge is 0.263 e. The fraction of sp³-hybridized carbons (Fsp3) is 0.500. The summed E-state index contributed by atoms with van der Waals surface area (Å²) in [5, 5.41) is 6.70. The Balaban J connectivity index is 1.72. The molecule has 21 heavy (non-hydrogen) atoms. The second kappa shape index (κ2) is 6.02. The Labute approximate surface area is 129 Å². The molecule has 1 unspecified atom stereocenters. The van der Waals surface area contributed by atoms with Gasteiger partial charge in [0, 0.05) is 30.2 Å². The third kappa shape index (κ3) is 3.02. The number of nitrogens with one attached hydrogen (secondary N) is 1. The first-order valence-corrected chi connectivity index (χ1v) is 8.33. The van der Waals surface area contributed by atoms with Gasteiger partial charge in [-0.3, -0.25) is 9.89 Å². The predicted molar refractivity (Wildman–Crippen MR) is 84.5 cm³/mol. The number of aryl methyl sites for hydroxylation is 1. The number of carbonyl (C=O) groups excluding carboxylic acids is 1. The van der Waals surface area contributed by atoms with Gasteiger partial charge in [-0.25, -0.2) is 0 Å². The van der Waals surface area contributed by atoms with Gasteiger partial charge < -0.3 is 4.90 Å². The minimum atomic E-state index is 0.114. The topological polar surface area (TPSA) is 49.0 Å². The lowest BCUT2D eigenvalue weighted by Gasteiger charge is -2.19. The molecule has 0 radical (unpaired) electrons. The average molecular weight is 303 g/mol. The zero-order valence-corrected chi connectivity index (χ0v) is 13.4. The second-order valence-electron chi connectivity index (χ2n) is 5.84. The van der Waals surface area contributed by atoms with Crippen LogP contribution >= 0.6 is 11.3 Å². The zero-order chi connectivity index (χ0) is 14.8. The van der Waals surface area contributed by atoms with Gasteiger partial charge >= 0.3 is 0 Å². The highest BCUT2D eigenvalue weighted by molar-refractivity contribution is 7.14. The molecule has 2 aromatic rings. The normalized spacial score (nSPS) is 17.5. The summed E-state index contributed by atoms with van der Waals surface area (Å²) in [6.45, 7) is 2.85. The molecule has 0 saturated heterocycles. The Bertz CT molecular complexity index is 618. The molecule has 0 saturated carbocycles. The standard InChI is InChI=1S/C16H21N3OS/c1-3-11-4-5-14-13(6-11)7-15(21-14)16(20)19(2)10-12-8-17-18-9-12/h7-9,11H,3-6,10H2,1-2H3,(H,17,18). The van der Waals surface area contributed by atoms with Crippen molar-refractivity contribution in [3.8, 4) is 0 Å². The molecule has 0 fully saturated rings. The van der Waals surface area contributed by atoms with Crippen LogP contribution in [-0.2, 0) is 19.4 Å². The first kappa shape index (κ1) is 14.3. The highest BCUT2D eigenvalue weighted by Crippen LogP contribution is 2.34. The molecule has 0 bridgehead atoms. The Morgan fingerprint density at radius 3 is 3.14 bits per heavy atom. The molecular formula is C16H21N3OS. The van der Waals surface area contributed by atoms with Crippen LogP contribution in [0.15, 0.2) is 18.5 Å². The number of aromatic nitrogens is 2. The van der Waals surface area contributed by atoms with E-state index < -0.39 is 0 Å². The third-order valence-electron chi connectivity index (χ3n) is 4.29. The van der Waals surface area contributed by atoms with Crippen LogP contribution in [-0.4, -0.2) is 28.1 Å². The van der Waals surface area contributed by atoms with E-state index in [0.29, 0.717) is 6.54 Å². The zero-order valence-electron chi connectivity index (χ0n) is 12.6. The molecule has 2 aromatic heterocycles. The lowest BCUT2D eigenvalue weighted by atomic mass is 9.87. The molecular weight excluding hydrogens is 282 g/mol. The predicted octanol–water partition coefficient (Wildman–Crippen LogP) is 3.26. The molecule has 1 atom stereocenters. The average Bonchev–Trinajstić information content (AvgIpc) is 3.14. The first-order chi connectivity index (χ1) is 10.2. The number of rotatable bonds is 4. The van der Waals surface area contributed by atoms with Crippen LogP contribution in [0.25, 0.3) is 0 Å². The monoisotopic (exact) mass is 303 g/mol. The fourth-order valence-corrected chi connectivity index (χ4v) is 4.15. The van der Waals surface area contributed by atoms with Crippen molar-refractivity contribution in [2.45, 2.75) is 39.2 Å². The summed E-state index contributed by atoms with van der Waals surface area (Å²) < 4.78 is 0. The molecule has 112 valence electrons. The number of H-pyrrole nitrogens is 1. The number of hydrogen-bond acceptors (Lipinski definition) is 3. The van der Waals surface area contributed by atoms with Crippen molar-refractivity contribution in [2.24, 2.45) is 5.92 Å². The van der Waals surface area contributed by atoms with Crippen molar-refractivity contribution in [3.63, 3.8) is 0 Å². The Morgan fingerprint density at radius 1 is 1.57 bits per heavy atom. The second-order valence-corrected chi connectivity index (χ2v) is 6.98. The van der Waals surface area contributed by atoms with E-state index in [9.17, 15) is 4.79 Å². The number of thiophene rings is 1. The molecule has 1 N–H and O–H groups in total. The summed E-state index contributed by atoms with van der Waals surface area (Å²) in [4.78, 5) is 16.6. The summed E-state index contributed by atoms with van der Waals surface area (Å²) in [6, 6.07) is 2.12. The van der Waals surface area contributed by atoms with Gasteiger partial charge in [-0.1, -0.05) is 13.3 Å².